The lowest BCUT2D eigenvalue weighted by Crippen LogP contribution is -2.35. The van der Waals surface area contributed by atoms with Gasteiger partial charge in [0.05, 0.1) is 4.90 Å². The number of amides is 1. The Morgan fingerprint density at radius 2 is 1.86 bits per heavy atom. The first kappa shape index (κ1) is 17.0. The number of carbonyl (C=O) groups excluding carboxylic acids is 1. The summed E-state index contributed by atoms with van der Waals surface area (Å²) < 4.78 is 26.6. The van der Waals surface area contributed by atoms with E-state index in [0.717, 1.165) is 5.56 Å². The summed E-state index contributed by atoms with van der Waals surface area (Å²) in [6, 6.07) is 6.67. The van der Waals surface area contributed by atoms with E-state index < -0.39 is 10.0 Å². The van der Waals surface area contributed by atoms with E-state index in [0.29, 0.717) is 24.8 Å². The van der Waals surface area contributed by atoms with Crippen LogP contribution in [-0.2, 0) is 14.8 Å². The summed E-state index contributed by atoms with van der Waals surface area (Å²) in [4.78, 5) is 12.0. The average molecular weight is 324 g/mol. The standard InChI is InChI=1S/C16H24N2O3S/c1-12-3-7-15(8-4-12)22(20,21)18-10-9-17-16(19)11-13(2)14-5-6-14/h3-4,7-8,13-14,18H,5-6,9-11H2,1-2H3,(H,17,19)/t13-/m1/s1. The predicted octanol–water partition coefficient (Wildman–Crippen LogP) is 1.83. The number of benzene rings is 1. The van der Waals surface area contributed by atoms with Crippen molar-refractivity contribution in [3.63, 3.8) is 0 Å². The first-order valence-electron chi connectivity index (χ1n) is 7.71. The van der Waals surface area contributed by atoms with Gasteiger partial charge in [-0.15, -0.1) is 0 Å². The van der Waals surface area contributed by atoms with E-state index in [2.05, 4.69) is 17.0 Å². The zero-order valence-electron chi connectivity index (χ0n) is 13.1. The summed E-state index contributed by atoms with van der Waals surface area (Å²) in [6.07, 6.45) is 2.98. The Kier molecular flexibility index (Phi) is 5.58. The monoisotopic (exact) mass is 324 g/mol. The van der Waals surface area contributed by atoms with Gasteiger partial charge in [-0.1, -0.05) is 24.6 Å². The normalized spacial score (nSPS) is 16.3. The van der Waals surface area contributed by atoms with Crippen LogP contribution in [0.15, 0.2) is 29.2 Å². The van der Waals surface area contributed by atoms with Crippen molar-refractivity contribution >= 4 is 15.9 Å². The van der Waals surface area contributed by atoms with Gasteiger partial charge in [-0.3, -0.25) is 4.79 Å². The number of sulfonamides is 1. The molecule has 22 heavy (non-hydrogen) atoms. The van der Waals surface area contributed by atoms with Gasteiger partial charge in [-0.05, 0) is 43.7 Å². The molecule has 1 amide bonds. The topological polar surface area (TPSA) is 75.3 Å². The number of carbonyl (C=O) groups is 1. The molecule has 1 atom stereocenters. The van der Waals surface area contributed by atoms with Crippen molar-refractivity contribution < 1.29 is 13.2 Å². The van der Waals surface area contributed by atoms with E-state index in [1.807, 2.05) is 6.92 Å². The molecule has 0 unspecified atom stereocenters. The Balaban J connectivity index is 1.71. The highest BCUT2D eigenvalue weighted by Gasteiger charge is 2.29. The fourth-order valence-corrected chi connectivity index (χ4v) is 3.42. The van der Waals surface area contributed by atoms with Crippen LogP contribution in [0.5, 0.6) is 0 Å². The second-order valence-electron chi connectivity index (χ2n) is 6.08. The molecule has 2 rings (SSSR count). The molecule has 1 aromatic carbocycles. The molecule has 5 nitrogen and oxygen atoms in total. The Hall–Kier alpha value is -1.40. The Morgan fingerprint density at radius 1 is 1.23 bits per heavy atom. The molecule has 1 aliphatic rings. The highest BCUT2D eigenvalue weighted by atomic mass is 32.2. The maximum absolute atomic E-state index is 12.0. The average Bonchev–Trinajstić information content (AvgIpc) is 3.28. The Morgan fingerprint density at radius 3 is 2.45 bits per heavy atom. The summed E-state index contributed by atoms with van der Waals surface area (Å²) in [5.74, 6) is 1.11. The van der Waals surface area contributed by atoms with E-state index in [9.17, 15) is 13.2 Å². The molecule has 0 saturated heterocycles. The Labute approximate surface area is 132 Å². The van der Waals surface area contributed by atoms with E-state index in [1.54, 1.807) is 24.3 Å². The third-order valence-corrected chi connectivity index (χ3v) is 5.48. The van der Waals surface area contributed by atoms with Gasteiger partial charge in [0, 0.05) is 19.5 Å². The number of nitrogens with one attached hydrogen (secondary N) is 2. The van der Waals surface area contributed by atoms with Crippen LogP contribution in [-0.4, -0.2) is 27.4 Å². The molecule has 1 fully saturated rings. The smallest absolute Gasteiger partial charge is 0.240 e. The third-order valence-electron chi connectivity index (χ3n) is 4.00. The second-order valence-corrected chi connectivity index (χ2v) is 7.85. The van der Waals surface area contributed by atoms with E-state index >= 15 is 0 Å². The van der Waals surface area contributed by atoms with Gasteiger partial charge in [0.15, 0.2) is 0 Å². The zero-order chi connectivity index (χ0) is 16.2. The van der Waals surface area contributed by atoms with Crippen molar-refractivity contribution in [2.75, 3.05) is 13.1 Å². The maximum Gasteiger partial charge on any atom is 0.240 e. The van der Waals surface area contributed by atoms with Crippen molar-refractivity contribution in [1.29, 1.82) is 0 Å². The number of rotatable bonds is 8. The van der Waals surface area contributed by atoms with Crippen molar-refractivity contribution in [1.82, 2.24) is 10.0 Å². The highest BCUT2D eigenvalue weighted by Crippen LogP contribution is 2.37. The summed E-state index contributed by atoms with van der Waals surface area (Å²) in [5, 5.41) is 2.76. The molecular formula is C16H24N2O3S. The SMILES string of the molecule is Cc1ccc(S(=O)(=O)NCCNC(=O)C[C@@H](C)C2CC2)cc1. The molecule has 1 saturated carbocycles. The largest absolute Gasteiger partial charge is 0.355 e. The lowest BCUT2D eigenvalue weighted by Gasteiger charge is -2.11. The molecule has 1 aromatic rings. The predicted molar refractivity (Wildman–Crippen MR) is 85.9 cm³/mol. The van der Waals surface area contributed by atoms with Gasteiger partial charge in [0.25, 0.3) is 0 Å². The minimum atomic E-state index is -3.50. The molecule has 122 valence electrons. The Bertz CT molecular complexity index is 607. The van der Waals surface area contributed by atoms with Gasteiger partial charge in [-0.2, -0.15) is 0 Å². The number of hydrogen-bond acceptors (Lipinski definition) is 3. The molecule has 2 N–H and O–H groups in total. The molecule has 6 heteroatoms. The van der Waals surface area contributed by atoms with Crippen LogP contribution in [0.25, 0.3) is 0 Å². The fraction of sp³-hybridized carbons (Fsp3) is 0.562. The van der Waals surface area contributed by atoms with E-state index in [4.69, 9.17) is 0 Å². The highest BCUT2D eigenvalue weighted by molar-refractivity contribution is 7.89. The van der Waals surface area contributed by atoms with Crippen molar-refractivity contribution in [3.05, 3.63) is 29.8 Å². The minimum Gasteiger partial charge on any atom is -0.355 e. The molecule has 0 bridgehead atoms. The zero-order valence-corrected chi connectivity index (χ0v) is 13.9. The minimum absolute atomic E-state index is 0.00562. The van der Waals surface area contributed by atoms with Gasteiger partial charge < -0.3 is 5.32 Å². The van der Waals surface area contributed by atoms with Crippen LogP contribution in [0.3, 0.4) is 0 Å². The lowest BCUT2D eigenvalue weighted by atomic mass is 10.0. The fourth-order valence-electron chi connectivity index (χ4n) is 2.38. The van der Waals surface area contributed by atoms with Crippen LogP contribution in [0, 0.1) is 18.8 Å². The quantitative estimate of drug-likeness (QED) is 0.716. The van der Waals surface area contributed by atoms with Crippen molar-refractivity contribution in [2.24, 2.45) is 11.8 Å². The lowest BCUT2D eigenvalue weighted by molar-refractivity contribution is -0.122. The van der Waals surface area contributed by atoms with Gasteiger partial charge >= 0.3 is 0 Å². The van der Waals surface area contributed by atoms with Crippen LogP contribution in [0.1, 0.15) is 31.7 Å². The summed E-state index contributed by atoms with van der Waals surface area (Å²) in [5.41, 5.74) is 1.01. The maximum atomic E-state index is 12.0. The van der Waals surface area contributed by atoms with Crippen LogP contribution in [0.2, 0.25) is 0 Å². The van der Waals surface area contributed by atoms with Gasteiger partial charge in [0.1, 0.15) is 0 Å². The molecule has 0 aromatic heterocycles. The molecule has 0 radical (unpaired) electrons. The van der Waals surface area contributed by atoms with E-state index in [-0.39, 0.29) is 17.3 Å². The van der Waals surface area contributed by atoms with Crippen molar-refractivity contribution in [2.45, 2.75) is 38.0 Å². The van der Waals surface area contributed by atoms with Gasteiger partial charge in [0.2, 0.25) is 15.9 Å². The summed E-state index contributed by atoms with van der Waals surface area (Å²) in [7, 11) is -3.50. The van der Waals surface area contributed by atoms with Gasteiger partial charge in [-0.25, -0.2) is 13.1 Å². The second kappa shape index (κ2) is 7.24. The first-order chi connectivity index (χ1) is 10.4. The molecule has 1 aliphatic carbocycles. The van der Waals surface area contributed by atoms with Crippen LogP contribution >= 0.6 is 0 Å². The van der Waals surface area contributed by atoms with Crippen LogP contribution < -0.4 is 10.0 Å². The summed E-state index contributed by atoms with van der Waals surface area (Å²) in [6.45, 7) is 4.50. The number of aryl methyl sites for hydroxylation is 1. The molecule has 0 heterocycles. The number of hydrogen-bond donors (Lipinski definition) is 2. The third kappa shape index (κ3) is 5.10. The van der Waals surface area contributed by atoms with E-state index in [1.165, 1.54) is 12.8 Å². The first-order valence-corrected chi connectivity index (χ1v) is 9.20. The molecule has 0 aliphatic heterocycles. The van der Waals surface area contributed by atoms with Crippen LogP contribution in [0.4, 0.5) is 0 Å². The molecule has 0 spiro atoms. The molecular weight excluding hydrogens is 300 g/mol. The summed E-state index contributed by atoms with van der Waals surface area (Å²) >= 11 is 0. The van der Waals surface area contributed by atoms with Crippen molar-refractivity contribution in [3.8, 4) is 0 Å².